The number of ketones is 1. The SMILES string of the molecule is CCOC(=O)c1nc(NC(CC)CC2CC2)sc1C(C)=O. The highest BCUT2D eigenvalue weighted by Crippen LogP contribution is 2.35. The van der Waals surface area contributed by atoms with Gasteiger partial charge in [-0.3, -0.25) is 4.79 Å². The highest BCUT2D eigenvalue weighted by atomic mass is 32.1. The monoisotopic (exact) mass is 310 g/mol. The van der Waals surface area contributed by atoms with Gasteiger partial charge in [-0.1, -0.05) is 31.1 Å². The molecule has 0 aromatic carbocycles. The molecule has 1 aromatic rings. The Labute approximate surface area is 129 Å². The summed E-state index contributed by atoms with van der Waals surface area (Å²) in [5.41, 5.74) is 0.137. The molecule has 0 saturated heterocycles. The second-order valence-corrected chi connectivity index (χ2v) is 6.40. The van der Waals surface area contributed by atoms with Crippen LogP contribution in [-0.2, 0) is 4.74 Å². The molecule has 0 bridgehead atoms. The predicted octanol–water partition coefficient (Wildman–Crippen LogP) is 3.51. The minimum absolute atomic E-state index is 0.137. The lowest BCUT2D eigenvalue weighted by atomic mass is 10.1. The Morgan fingerprint density at radius 1 is 1.43 bits per heavy atom. The summed E-state index contributed by atoms with van der Waals surface area (Å²) in [4.78, 5) is 28.2. The van der Waals surface area contributed by atoms with E-state index in [9.17, 15) is 9.59 Å². The Morgan fingerprint density at radius 3 is 2.67 bits per heavy atom. The summed E-state index contributed by atoms with van der Waals surface area (Å²) in [6.07, 6.45) is 4.74. The number of nitrogens with zero attached hydrogens (tertiary/aromatic N) is 1. The average Bonchev–Trinajstić information content (AvgIpc) is 3.15. The third-order valence-electron chi connectivity index (χ3n) is 3.55. The van der Waals surface area contributed by atoms with Crippen LogP contribution >= 0.6 is 11.3 Å². The van der Waals surface area contributed by atoms with E-state index in [0.717, 1.165) is 18.8 Å². The number of rotatable bonds is 8. The number of hydrogen-bond donors (Lipinski definition) is 1. The van der Waals surface area contributed by atoms with Crippen LogP contribution in [0.15, 0.2) is 0 Å². The molecule has 0 spiro atoms. The summed E-state index contributed by atoms with van der Waals surface area (Å²) < 4.78 is 4.96. The van der Waals surface area contributed by atoms with Crippen molar-refractivity contribution in [3.8, 4) is 0 Å². The second kappa shape index (κ2) is 7.02. The van der Waals surface area contributed by atoms with Gasteiger partial charge in [-0.15, -0.1) is 0 Å². The zero-order valence-electron chi connectivity index (χ0n) is 12.8. The van der Waals surface area contributed by atoms with Crippen molar-refractivity contribution in [1.82, 2.24) is 4.98 Å². The van der Waals surface area contributed by atoms with Crippen LogP contribution in [0.1, 0.15) is 66.6 Å². The number of Topliss-reactive ketones (excluding diaryl/α,β-unsaturated/α-hetero) is 1. The summed E-state index contributed by atoms with van der Waals surface area (Å²) in [6.45, 7) is 5.59. The lowest BCUT2D eigenvalue weighted by Crippen LogP contribution is -2.19. The summed E-state index contributed by atoms with van der Waals surface area (Å²) in [7, 11) is 0. The first kappa shape index (κ1) is 15.9. The molecule has 1 saturated carbocycles. The standard InChI is InChI=1S/C15H22N2O3S/c1-4-11(8-10-6-7-10)16-15-17-12(14(19)20-5-2)13(21-15)9(3)18/h10-11H,4-8H2,1-3H3,(H,16,17). The third-order valence-corrected chi connectivity index (χ3v) is 4.64. The van der Waals surface area contributed by atoms with E-state index in [1.165, 1.54) is 31.1 Å². The van der Waals surface area contributed by atoms with Crippen LogP contribution in [-0.4, -0.2) is 29.4 Å². The quantitative estimate of drug-likeness (QED) is 0.588. The van der Waals surface area contributed by atoms with Gasteiger partial charge in [0.15, 0.2) is 16.6 Å². The van der Waals surface area contributed by atoms with Gasteiger partial charge in [0.25, 0.3) is 0 Å². The van der Waals surface area contributed by atoms with Crippen LogP contribution in [0.25, 0.3) is 0 Å². The van der Waals surface area contributed by atoms with E-state index in [-0.39, 0.29) is 18.1 Å². The molecule has 2 rings (SSSR count). The maximum Gasteiger partial charge on any atom is 0.358 e. The second-order valence-electron chi connectivity index (χ2n) is 5.40. The van der Waals surface area contributed by atoms with Crippen molar-refractivity contribution in [2.24, 2.45) is 5.92 Å². The predicted molar refractivity (Wildman–Crippen MR) is 83.1 cm³/mol. The molecule has 1 fully saturated rings. The number of aromatic nitrogens is 1. The molecular weight excluding hydrogens is 288 g/mol. The molecule has 6 heteroatoms. The topological polar surface area (TPSA) is 68.3 Å². The average molecular weight is 310 g/mol. The Hall–Kier alpha value is -1.43. The fourth-order valence-electron chi connectivity index (χ4n) is 2.22. The van der Waals surface area contributed by atoms with E-state index in [0.29, 0.717) is 16.1 Å². The number of ether oxygens (including phenoxy) is 1. The zero-order valence-corrected chi connectivity index (χ0v) is 13.6. The minimum atomic E-state index is -0.526. The summed E-state index contributed by atoms with van der Waals surface area (Å²) in [5, 5.41) is 4.00. The molecule has 0 radical (unpaired) electrons. The maximum atomic E-state index is 11.9. The van der Waals surface area contributed by atoms with Crippen LogP contribution in [0.4, 0.5) is 5.13 Å². The number of nitrogens with one attached hydrogen (secondary N) is 1. The number of esters is 1. The van der Waals surface area contributed by atoms with Gasteiger partial charge in [0.1, 0.15) is 4.88 Å². The van der Waals surface area contributed by atoms with Crippen LogP contribution in [0.3, 0.4) is 0 Å². The number of anilines is 1. The lowest BCUT2D eigenvalue weighted by molar-refractivity contribution is 0.0517. The molecule has 1 aliphatic carbocycles. The summed E-state index contributed by atoms with van der Waals surface area (Å²) >= 11 is 1.24. The fraction of sp³-hybridized carbons (Fsp3) is 0.667. The number of thiazole rings is 1. The summed E-state index contributed by atoms with van der Waals surface area (Å²) in [6, 6.07) is 0.346. The van der Waals surface area contributed by atoms with Gasteiger partial charge in [-0.2, -0.15) is 0 Å². The van der Waals surface area contributed by atoms with Crippen LogP contribution in [0, 0.1) is 5.92 Å². The first-order valence-electron chi connectivity index (χ1n) is 7.50. The van der Waals surface area contributed by atoms with Crippen molar-refractivity contribution in [1.29, 1.82) is 0 Å². The smallest absolute Gasteiger partial charge is 0.358 e. The first-order valence-corrected chi connectivity index (χ1v) is 8.32. The Kier molecular flexibility index (Phi) is 5.33. The molecule has 1 aliphatic rings. The normalized spacial score (nSPS) is 15.6. The molecule has 1 aromatic heterocycles. The molecule has 116 valence electrons. The van der Waals surface area contributed by atoms with E-state index >= 15 is 0 Å². The van der Waals surface area contributed by atoms with Crippen LogP contribution in [0.2, 0.25) is 0 Å². The Balaban J connectivity index is 2.13. The van der Waals surface area contributed by atoms with Gasteiger partial charge in [0.05, 0.1) is 6.61 Å². The van der Waals surface area contributed by atoms with Crippen molar-refractivity contribution < 1.29 is 14.3 Å². The van der Waals surface area contributed by atoms with Crippen molar-refractivity contribution in [2.45, 2.75) is 52.5 Å². The van der Waals surface area contributed by atoms with E-state index in [2.05, 4.69) is 17.2 Å². The molecule has 0 amide bonds. The Morgan fingerprint density at radius 2 is 2.14 bits per heavy atom. The van der Waals surface area contributed by atoms with Crippen molar-refractivity contribution in [2.75, 3.05) is 11.9 Å². The maximum absolute atomic E-state index is 11.9. The van der Waals surface area contributed by atoms with Crippen molar-refractivity contribution >= 4 is 28.2 Å². The molecule has 1 N–H and O–H groups in total. The zero-order chi connectivity index (χ0) is 15.4. The largest absolute Gasteiger partial charge is 0.461 e. The lowest BCUT2D eigenvalue weighted by Gasteiger charge is -2.15. The van der Waals surface area contributed by atoms with Gasteiger partial charge in [0, 0.05) is 13.0 Å². The van der Waals surface area contributed by atoms with Gasteiger partial charge in [0.2, 0.25) is 0 Å². The number of hydrogen-bond acceptors (Lipinski definition) is 6. The molecule has 1 unspecified atom stereocenters. The summed E-state index contributed by atoms with van der Waals surface area (Å²) in [5.74, 6) is 0.139. The third kappa shape index (κ3) is 4.27. The van der Waals surface area contributed by atoms with Crippen molar-refractivity contribution in [3.05, 3.63) is 10.6 Å². The first-order chi connectivity index (χ1) is 10.0. The molecule has 21 heavy (non-hydrogen) atoms. The van der Waals surface area contributed by atoms with Gasteiger partial charge >= 0.3 is 5.97 Å². The highest BCUT2D eigenvalue weighted by molar-refractivity contribution is 7.17. The molecule has 1 atom stereocenters. The van der Waals surface area contributed by atoms with E-state index in [4.69, 9.17) is 4.74 Å². The number of carbonyl (C=O) groups is 2. The van der Waals surface area contributed by atoms with E-state index < -0.39 is 5.97 Å². The molecule has 0 aliphatic heterocycles. The molecular formula is C15H22N2O3S. The van der Waals surface area contributed by atoms with Gasteiger partial charge in [-0.05, 0) is 25.7 Å². The Bertz CT molecular complexity index is 523. The highest BCUT2D eigenvalue weighted by Gasteiger charge is 2.27. The minimum Gasteiger partial charge on any atom is -0.461 e. The van der Waals surface area contributed by atoms with Crippen LogP contribution in [0.5, 0.6) is 0 Å². The van der Waals surface area contributed by atoms with E-state index in [1.54, 1.807) is 6.92 Å². The van der Waals surface area contributed by atoms with Crippen molar-refractivity contribution in [3.63, 3.8) is 0 Å². The van der Waals surface area contributed by atoms with E-state index in [1.807, 2.05) is 0 Å². The van der Waals surface area contributed by atoms with Gasteiger partial charge < -0.3 is 10.1 Å². The van der Waals surface area contributed by atoms with Crippen LogP contribution < -0.4 is 5.32 Å². The number of carbonyl (C=O) groups excluding carboxylic acids is 2. The fourth-order valence-corrected chi connectivity index (χ4v) is 3.14. The molecule has 1 heterocycles. The van der Waals surface area contributed by atoms with Gasteiger partial charge in [-0.25, -0.2) is 9.78 Å². The molecule has 5 nitrogen and oxygen atoms in total.